The van der Waals surface area contributed by atoms with E-state index in [2.05, 4.69) is 4.72 Å². The van der Waals surface area contributed by atoms with Gasteiger partial charge in [-0.25, -0.2) is 12.8 Å². The van der Waals surface area contributed by atoms with E-state index in [0.29, 0.717) is 19.0 Å². The van der Waals surface area contributed by atoms with Gasteiger partial charge in [-0.05, 0) is 43.9 Å². The highest BCUT2D eigenvalue weighted by Gasteiger charge is 2.27. The van der Waals surface area contributed by atoms with Crippen molar-refractivity contribution >= 4 is 21.6 Å². The van der Waals surface area contributed by atoms with Crippen LogP contribution in [0.3, 0.4) is 0 Å². The summed E-state index contributed by atoms with van der Waals surface area (Å²) >= 11 is 0. The Bertz CT molecular complexity index is 683. The quantitative estimate of drug-likeness (QED) is 0.864. The zero-order chi connectivity index (χ0) is 17.2. The van der Waals surface area contributed by atoms with Crippen LogP contribution in [0.1, 0.15) is 30.1 Å². The molecule has 0 saturated carbocycles. The van der Waals surface area contributed by atoms with Crippen molar-refractivity contribution < 1.29 is 17.6 Å². The molecule has 2 rings (SSSR count). The Hall–Kier alpha value is -1.67. The standard InChI is InChI=1S/C15H22FN3O3S/c1-10(17)11-5-7-19(8-6-11)15(20)13-9-12(16)3-4-14(13)18-23(2,21)22/h3-4,9-11,18H,5-8,17H2,1-2H3. The molecular weight excluding hydrogens is 321 g/mol. The van der Waals surface area contributed by atoms with Gasteiger partial charge in [0.05, 0.1) is 17.5 Å². The Morgan fingerprint density at radius 3 is 2.52 bits per heavy atom. The topological polar surface area (TPSA) is 92.5 Å². The molecule has 128 valence electrons. The number of carbonyl (C=O) groups is 1. The number of benzene rings is 1. The summed E-state index contributed by atoms with van der Waals surface area (Å²) in [5.74, 6) is -0.600. The van der Waals surface area contributed by atoms with Crippen molar-refractivity contribution in [3.8, 4) is 0 Å². The van der Waals surface area contributed by atoms with Crippen LogP contribution in [0, 0.1) is 11.7 Å². The van der Waals surface area contributed by atoms with E-state index in [1.54, 1.807) is 4.90 Å². The molecule has 0 spiro atoms. The number of halogens is 1. The highest BCUT2D eigenvalue weighted by Crippen LogP contribution is 2.24. The lowest BCUT2D eigenvalue weighted by atomic mass is 9.90. The second-order valence-corrected chi connectivity index (χ2v) is 7.80. The number of carbonyl (C=O) groups excluding carboxylic acids is 1. The second-order valence-electron chi connectivity index (χ2n) is 6.05. The predicted molar refractivity (Wildman–Crippen MR) is 87.1 cm³/mol. The maximum atomic E-state index is 13.5. The number of nitrogens with zero attached hydrogens (tertiary/aromatic N) is 1. The summed E-state index contributed by atoms with van der Waals surface area (Å²) in [7, 11) is -3.56. The van der Waals surface area contributed by atoms with Crippen LogP contribution in [0.5, 0.6) is 0 Å². The summed E-state index contributed by atoms with van der Waals surface area (Å²) in [5, 5.41) is 0. The number of likely N-dealkylation sites (tertiary alicyclic amines) is 1. The van der Waals surface area contributed by atoms with Gasteiger partial charge in [0.2, 0.25) is 10.0 Å². The maximum absolute atomic E-state index is 13.5. The Balaban J connectivity index is 2.21. The van der Waals surface area contributed by atoms with Crippen molar-refractivity contribution in [2.75, 3.05) is 24.1 Å². The van der Waals surface area contributed by atoms with E-state index in [-0.39, 0.29) is 23.2 Å². The van der Waals surface area contributed by atoms with Crippen LogP contribution < -0.4 is 10.5 Å². The van der Waals surface area contributed by atoms with Gasteiger partial charge in [0, 0.05) is 19.1 Å². The molecule has 1 aliphatic rings. The maximum Gasteiger partial charge on any atom is 0.256 e. The Morgan fingerprint density at radius 2 is 2.00 bits per heavy atom. The van der Waals surface area contributed by atoms with Crippen LogP contribution in [0.4, 0.5) is 10.1 Å². The van der Waals surface area contributed by atoms with Gasteiger partial charge in [0.15, 0.2) is 0 Å². The molecule has 0 radical (unpaired) electrons. The van der Waals surface area contributed by atoms with Crippen molar-refractivity contribution in [1.82, 2.24) is 4.90 Å². The monoisotopic (exact) mass is 343 g/mol. The number of nitrogens with one attached hydrogen (secondary N) is 1. The van der Waals surface area contributed by atoms with Gasteiger partial charge in [-0.1, -0.05) is 0 Å². The number of sulfonamides is 1. The predicted octanol–water partition coefficient (Wildman–Crippen LogP) is 1.40. The SMILES string of the molecule is CC(N)C1CCN(C(=O)c2cc(F)ccc2NS(C)(=O)=O)CC1. The molecule has 1 amide bonds. The molecule has 23 heavy (non-hydrogen) atoms. The van der Waals surface area contributed by atoms with Gasteiger partial charge in [-0.3, -0.25) is 9.52 Å². The lowest BCUT2D eigenvalue weighted by molar-refractivity contribution is 0.0681. The van der Waals surface area contributed by atoms with E-state index in [0.717, 1.165) is 31.2 Å². The van der Waals surface area contributed by atoms with E-state index in [1.165, 1.54) is 6.07 Å². The first-order valence-corrected chi connectivity index (χ1v) is 9.38. The Kier molecular flexibility index (Phi) is 5.26. The van der Waals surface area contributed by atoms with Crippen LogP contribution in [0.25, 0.3) is 0 Å². The summed E-state index contributed by atoms with van der Waals surface area (Å²) in [6.45, 7) is 3.00. The van der Waals surface area contributed by atoms with Crippen LogP contribution >= 0.6 is 0 Å². The van der Waals surface area contributed by atoms with Gasteiger partial charge < -0.3 is 10.6 Å². The summed E-state index contributed by atoms with van der Waals surface area (Å²) in [6.07, 6.45) is 2.56. The van der Waals surface area contributed by atoms with E-state index < -0.39 is 15.8 Å². The summed E-state index contributed by atoms with van der Waals surface area (Å²) in [5.41, 5.74) is 6.00. The minimum absolute atomic E-state index is 0.0228. The highest BCUT2D eigenvalue weighted by atomic mass is 32.2. The molecule has 1 heterocycles. The molecule has 1 atom stereocenters. The molecular formula is C15H22FN3O3S. The number of amides is 1. The molecule has 1 saturated heterocycles. The van der Waals surface area contributed by atoms with Crippen molar-refractivity contribution in [2.45, 2.75) is 25.8 Å². The average molecular weight is 343 g/mol. The third-order valence-electron chi connectivity index (χ3n) is 4.08. The first kappa shape index (κ1) is 17.7. The number of hydrogen-bond donors (Lipinski definition) is 2. The summed E-state index contributed by atoms with van der Waals surface area (Å²) < 4.78 is 38.6. The first-order valence-electron chi connectivity index (χ1n) is 7.49. The summed E-state index contributed by atoms with van der Waals surface area (Å²) in [4.78, 5) is 14.2. The van der Waals surface area contributed by atoms with Crippen LogP contribution in [0.2, 0.25) is 0 Å². The lowest BCUT2D eigenvalue weighted by Gasteiger charge is -2.34. The molecule has 8 heteroatoms. The second kappa shape index (κ2) is 6.84. The van der Waals surface area contributed by atoms with Gasteiger partial charge in [-0.2, -0.15) is 0 Å². The molecule has 0 aliphatic carbocycles. The number of rotatable bonds is 4. The van der Waals surface area contributed by atoms with Crippen molar-refractivity contribution in [2.24, 2.45) is 11.7 Å². The van der Waals surface area contributed by atoms with Gasteiger partial charge in [0.1, 0.15) is 5.82 Å². The van der Waals surface area contributed by atoms with Crippen molar-refractivity contribution in [1.29, 1.82) is 0 Å². The zero-order valence-electron chi connectivity index (χ0n) is 13.3. The van der Waals surface area contributed by atoms with Gasteiger partial charge >= 0.3 is 0 Å². The third kappa shape index (κ3) is 4.65. The molecule has 6 nitrogen and oxygen atoms in total. The van der Waals surface area contributed by atoms with E-state index in [1.807, 2.05) is 6.92 Å². The molecule has 0 bridgehead atoms. The number of piperidine rings is 1. The zero-order valence-corrected chi connectivity index (χ0v) is 14.1. The normalized spacial score (nSPS) is 17.8. The highest BCUT2D eigenvalue weighted by molar-refractivity contribution is 7.92. The van der Waals surface area contributed by atoms with Gasteiger partial charge in [-0.15, -0.1) is 0 Å². The largest absolute Gasteiger partial charge is 0.339 e. The molecule has 0 aromatic heterocycles. The first-order chi connectivity index (χ1) is 10.7. The Morgan fingerprint density at radius 1 is 1.39 bits per heavy atom. The molecule has 1 unspecified atom stereocenters. The molecule has 1 aromatic carbocycles. The lowest BCUT2D eigenvalue weighted by Crippen LogP contribution is -2.42. The number of nitrogens with two attached hydrogens (primary N) is 1. The van der Waals surface area contributed by atoms with Crippen molar-refractivity contribution in [3.05, 3.63) is 29.6 Å². The van der Waals surface area contributed by atoms with Crippen LogP contribution in [-0.4, -0.2) is 44.6 Å². The smallest absolute Gasteiger partial charge is 0.256 e. The minimum Gasteiger partial charge on any atom is -0.339 e. The van der Waals surface area contributed by atoms with E-state index >= 15 is 0 Å². The third-order valence-corrected chi connectivity index (χ3v) is 4.67. The van der Waals surface area contributed by atoms with Crippen LogP contribution in [0.15, 0.2) is 18.2 Å². The fourth-order valence-electron chi connectivity index (χ4n) is 2.78. The molecule has 1 fully saturated rings. The summed E-state index contributed by atoms with van der Waals surface area (Å²) in [6, 6.07) is 3.52. The molecule has 1 aliphatic heterocycles. The molecule has 3 N–H and O–H groups in total. The van der Waals surface area contributed by atoms with Gasteiger partial charge in [0.25, 0.3) is 5.91 Å². The van der Waals surface area contributed by atoms with Crippen molar-refractivity contribution in [3.63, 3.8) is 0 Å². The minimum atomic E-state index is -3.56. The van der Waals surface area contributed by atoms with Crippen LogP contribution in [-0.2, 0) is 10.0 Å². The number of anilines is 1. The van der Waals surface area contributed by atoms with E-state index in [9.17, 15) is 17.6 Å². The number of hydrogen-bond acceptors (Lipinski definition) is 4. The fraction of sp³-hybridized carbons (Fsp3) is 0.533. The fourth-order valence-corrected chi connectivity index (χ4v) is 3.36. The van der Waals surface area contributed by atoms with E-state index in [4.69, 9.17) is 5.73 Å². The average Bonchev–Trinajstić information content (AvgIpc) is 2.47. The molecule has 1 aromatic rings. The Labute approximate surface area is 135 Å².